The van der Waals surface area contributed by atoms with Crippen molar-refractivity contribution in [1.82, 2.24) is 20.3 Å². The lowest BCUT2D eigenvalue weighted by molar-refractivity contribution is 0.0372. The smallest absolute Gasteiger partial charge is 0.194 e. The molecule has 0 aliphatic carbocycles. The molecule has 0 saturated carbocycles. The Morgan fingerprint density at radius 2 is 2.10 bits per heavy atom. The van der Waals surface area contributed by atoms with Crippen LogP contribution in [0.4, 0.5) is 0 Å². The monoisotopic (exact) mass is 395 g/mol. The summed E-state index contributed by atoms with van der Waals surface area (Å²) in [6.45, 7) is 7.12. The Morgan fingerprint density at radius 3 is 2.86 bits per heavy atom. The van der Waals surface area contributed by atoms with Gasteiger partial charge in [-0.05, 0) is 43.7 Å². The summed E-state index contributed by atoms with van der Waals surface area (Å²) < 4.78 is 5.40. The topological polar surface area (TPSA) is 56.9 Å². The maximum absolute atomic E-state index is 5.40. The molecule has 1 aromatic heterocycles. The summed E-state index contributed by atoms with van der Waals surface area (Å²) in [7, 11) is 1.87. The van der Waals surface area contributed by atoms with Crippen LogP contribution < -0.4 is 5.32 Å². The Hall–Kier alpha value is -2.34. The number of hydrogen-bond donors (Lipinski definition) is 1. The van der Waals surface area contributed by atoms with Gasteiger partial charge in [-0.25, -0.2) is 0 Å². The summed E-state index contributed by atoms with van der Waals surface area (Å²) in [5.74, 6) is 2.54. The van der Waals surface area contributed by atoms with E-state index in [1.165, 1.54) is 31.4 Å². The number of nitrogens with zero attached hydrogens (tertiary/aromatic N) is 4. The van der Waals surface area contributed by atoms with E-state index >= 15 is 0 Å². The van der Waals surface area contributed by atoms with Crippen molar-refractivity contribution in [2.24, 2.45) is 10.9 Å². The first-order valence-corrected chi connectivity index (χ1v) is 10.9. The zero-order valence-corrected chi connectivity index (χ0v) is 17.7. The molecule has 156 valence electrons. The summed E-state index contributed by atoms with van der Waals surface area (Å²) in [5, 5.41) is 7.54. The highest BCUT2D eigenvalue weighted by atomic mass is 16.5. The summed E-state index contributed by atoms with van der Waals surface area (Å²) in [5.41, 5.74) is 2.42. The van der Waals surface area contributed by atoms with Gasteiger partial charge in [0.15, 0.2) is 11.7 Å². The molecule has 0 spiro atoms. The van der Waals surface area contributed by atoms with Crippen molar-refractivity contribution < 1.29 is 4.52 Å². The van der Waals surface area contributed by atoms with Crippen LogP contribution in [0.5, 0.6) is 0 Å². The van der Waals surface area contributed by atoms with Crippen molar-refractivity contribution in [2.45, 2.75) is 51.7 Å². The molecule has 4 rings (SSSR count). The minimum Gasteiger partial charge on any atom is -0.359 e. The van der Waals surface area contributed by atoms with Crippen LogP contribution in [0.15, 0.2) is 45.9 Å². The number of aryl methyl sites for hydroxylation is 1. The minimum atomic E-state index is 0.629. The lowest BCUT2D eigenvalue weighted by Gasteiger charge is -2.48. The maximum atomic E-state index is 5.40. The van der Waals surface area contributed by atoms with Gasteiger partial charge < -0.3 is 14.7 Å². The molecule has 3 heterocycles. The summed E-state index contributed by atoms with van der Waals surface area (Å²) in [6, 6.07) is 13.6. The first-order chi connectivity index (χ1) is 14.3. The van der Waals surface area contributed by atoms with Crippen LogP contribution in [0.2, 0.25) is 0 Å². The van der Waals surface area contributed by atoms with Crippen LogP contribution in [0, 0.1) is 5.92 Å². The second-order valence-corrected chi connectivity index (χ2v) is 8.20. The molecule has 1 N–H and O–H groups in total. The molecule has 0 bridgehead atoms. The van der Waals surface area contributed by atoms with Gasteiger partial charge in [0.05, 0.1) is 12.2 Å². The van der Waals surface area contributed by atoms with Gasteiger partial charge in [-0.1, -0.05) is 42.4 Å². The SMILES string of the molecule is CCc1cc(CNC(=NC)N2CCC3C(CCCN3Cc3ccccc3)C2)on1. The van der Waals surface area contributed by atoms with E-state index < -0.39 is 0 Å². The average Bonchev–Trinajstić information content (AvgIpc) is 3.23. The van der Waals surface area contributed by atoms with Gasteiger partial charge in [0.25, 0.3) is 0 Å². The van der Waals surface area contributed by atoms with Gasteiger partial charge in [0.2, 0.25) is 0 Å². The van der Waals surface area contributed by atoms with E-state index in [1.807, 2.05) is 13.1 Å². The normalized spacial score (nSPS) is 23.1. The Labute approximate surface area is 174 Å². The van der Waals surface area contributed by atoms with E-state index in [-0.39, 0.29) is 0 Å². The summed E-state index contributed by atoms with van der Waals surface area (Å²) in [6.07, 6.45) is 4.69. The maximum Gasteiger partial charge on any atom is 0.194 e. The predicted molar refractivity (Wildman–Crippen MR) is 116 cm³/mol. The molecular weight excluding hydrogens is 362 g/mol. The Morgan fingerprint density at radius 1 is 1.24 bits per heavy atom. The van der Waals surface area contributed by atoms with Gasteiger partial charge in [-0.3, -0.25) is 9.89 Å². The number of aliphatic imine (C=N–C) groups is 1. The molecule has 29 heavy (non-hydrogen) atoms. The van der Waals surface area contributed by atoms with Crippen LogP contribution in [0.3, 0.4) is 0 Å². The molecular formula is C23H33N5O. The molecule has 2 saturated heterocycles. The average molecular weight is 396 g/mol. The van der Waals surface area contributed by atoms with Crippen LogP contribution in [0.25, 0.3) is 0 Å². The minimum absolute atomic E-state index is 0.629. The molecule has 2 atom stereocenters. The second kappa shape index (κ2) is 9.44. The molecule has 2 aliphatic heterocycles. The Balaban J connectivity index is 1.34. The van der Waals surface area contributed by atoms with Gasteiger partial charge in [-0.15, -0.1) is 0 Å². The van der Waals surface area contributed by atoms with Crippen molar-refractivity contribution >= 4 is 5.96 Å². The third kappa shape index (κ3) is 4.81. The first-order valence-electron chi connectivity index (χ1n) is 10.9. The van der Waals surface area contributed by atoms with Crippen molar-refractivity contribution in [3.63, 3.8) is 0 Å². The standard InChI is InChI=1S/C23H33N5O/c1-3-20-14-21(29-26-20)15-25-23(24-2)28-13-11-22-19(17-28)10-7-12-27(22)16-18-8-5-4-6-9-18/h4-6,8-9,14,19,22H,3,7,10-13,15-17H2,1-2H3,(H,24,25). The number of piperidine rings is 2. The largest absolute Gasteiger partial charge is 0.359 e. The van der Waals surface area contributed by atoms with E-state index in [2.05, 4.69) is 62.5 Å². The van der Waals surface area contributed by atoms with E-state index in [0.717, 1.165) is 43.5 Å². The zero-order chi connectivity index (χ0) is 20.1. The summed E-state index contributed by atoms with van der Waals surface area (Å²) >= 11 is 0. The fourth-order valence-electron chi connectivity index (χ4n) is 4.82. The van der Waals surface area contributed by atoms with Gasteiger partial charge >= 0.3 is 0 Å². The third-order valence-electron chi connectivity index (χ3n) is 6.31. The van der Waals surface area contributed by atoms with Gasteiger partial charge in [-0.2, -0.15) is 0 Å². The predicted octanol–water partition coefficient (Wildman–Crippen LogP) is 3.30. The zero-order valence-electron chi connectivity index (χ0n) is 17.7. The molecule has 2 fully saturated rings. The van der Waals surface area contributed by atoms with E-state index in [1.54, 1.807) is 0 Å². The van der Waals surface area contributed by atoms with Crippen LogP contribution in [-0.2, 0) is 19.5 Å². The molecule has 1 aromatic carbocycles. The van der Waals surface area contributed by atoms with E-state index in [0.29, 0.717) is 18.5 Å². The number of hydrogen-bond acceptors (Lipinski definition) is 4. The molecule has 2 aliphatic rings. The van der Waals surface area contributed by atoms with Crippen molar-refractivity contribution in [3.8, 4) is 0 Å². The fraction of sp³-hybridized carbons (Fsp3) is 0.565. The van der Waals surface area contributed by atoms with Gasteiger partial charge in [0.1, 0.15) is 0 Å². The Bertz CT molecular complexity index is 803. The highest BCUT2D eigenvalue weighted by Gasteiger charge is 2.36. The lowest BCUT2D eigenvalue weighted by Crippen LogP contribution is -2.56. The Kier molecular flexibility index (Phi) is 6.49. The number of nitrogens with one attached hydrogen (secondary N) is 1. The quantitative estimate of drug-likeness (QED) is 0.622. The van der Waals surface area contributed by atoms with Crippen molar-refractivity contribution in [3.05, 3.63) is 53.4 Å². The lowest BCUT2D eigenvalue weighted by atomic mass is 9.83. The number of benzene rings is 1. The highest BCUT2D eigenvalue weighted by Crippen LogP contribution is 2.31. The molecule has 6 heteroatoms. The molecule has 6 nitrogen and oxygen atoms in total. The third-order valence-corrected chi connectivity index (χ3v) is 6.31. The highest BCUT2D eigenvalue weighted by molar-refractivity contribution is 5.80. The van der Waals surface area contributed by atoms with E-state index in [9.17, 15) is 0 Å². The number of fused-ring (bicyclic) bond motifs is 1. The fourth-order valence-corrected chi connectivity index (χ4v) is 4.82. The molecule has 2 aromatic rings. The number of guanidine groups is 1. The van der Waals surface area contributed by atoms with E-state index in [4.69, 9.17) is 4.52 Å². The van der Waals surface area contributed by atoms with Crippen molar-refractivity contribution in [2.75, 3.05) is 26.7 Å². The molecule has 0 amide bonds. The first kappa shape index (κ1) is 20.0. The van der Waals surface area contributed by atoms with Crippen LogP contribution in [-0.4, -0.2) is 53.6 Å². The number of aromatic nitrogens is 1. The van der Waals surface area contributed by atoms with Crippen LogP contribution >= 0.6 is 0 Å². The van der Waals surface area contributed by atoms with Crippen molar-refractivity contribution in [1.29, 1.82) is 0 Å². The number of rotatable bonds is 5. The van der Waals surface area contributed by atoms with Crippen LogP contribution in [0.1, 0.15) is 43.2 Å². The number of likely N-dealkylation sites (tertiary alicyclic amines) is 2. The van der Waals surface area contributed by atoms with Gasteiger partial charge in [0, 0.05) is 38.8 Å². The second-order valence-electron chi connectivity index (χ2n) is 8.20. The summed E-state index contributed by atoms with van der Waals surface area (Å²) in [4.78, 5) is 9.66. The molecule has 0 radical (unpaired) electrons. The molecule has 2 unspecified atom stereocenters.